The number of thiophene rings is 1. The van der Waals surface area contributed by atoms with Crippen LogP contribution < -0.4 is 10.0 Å². The second-order valence-electron chi connectivity index (χ2n) is 4.69. The number of hydrogen-bond acceptors (Lipinski definition) is 6. The van der Waals surface area contributed by atoms with E-state index < -0.39 is 10.0 Å². The van der Waals surface area contributed by atoms with Crippen molar-refractivity contribution in [2.75, 3.05) is 10.0 Å². The second kappa shape index (κ2) is 5.02. The largest absolute Gasteiger partial charge is 0.366 e. The number of sulfonamides is 1. The standard InChI is InChI=1S/C12H14N4O2S2/c1-8-2-7-12(19-8)20(17,18)16-11-6-5-10(14-15-11)13-9-3-4-9/h2,5-7,9H,3-4H2,1H3,(H,13,14)(H,15,16). The zero-order valence-corrected chi connectivity index (χ0v) is 12.5. The molecule has 0 bridgehead atoms. The topological polar surface area (TPSA) is 84.0 Å². The molecule has 2 N–H and O–H groups in total. The van der Waals surface area contributed by atoms with Gasteiger partial charge in [-0.3, -0.25) is 4.72 Å². The first-order valence-corrected chi connectivity index (χ1v) is 8.52. The van der Waals surface area contributed by atoms with Crippen LogP contribution in [-0.4, -0.2) is 24.7 Å². The predicted molar refractivity (Wildman–Crippen MR) is 78.5 cm³/mol. The summed E-state index contributed by atoms with van der Waals surface area (Å²) < 4.78 is 26.9. The van der Waals surface area contributed by atoms with Crippen LogP contribution in [0, 0.1) is 6.92 Å². The van der Waals surface area contributed by atoms with Gasteiger partial charge in [0.1, 0.15) is 10.0 Å². The number of nitrogens with one attached hydrogen (secondary N) is 2. The van der Waals surface area contributed by atoms with E-state index in [1.807, 2.05) is 6.92 Å². The van der Waals surface area contributed by atoms with Gasteiger partial charge in [0.05, 0.1) is 0 Å². The molecule has 2 heterocycles. The first kappa shape index (κ1) is 13.3. The molecule has 0 spiro atoms. The Hall–Kier alpha value is -1.67. The smallest absolute Gasteiger partial charge is 0.272 e. The van der Waals surface area contributed by atoms with Crippen molar-refractivity contribution in [1.29, 1.82) is 0 Å². The third-order valence-electron chi connectivity index (χ3n) is 2.81. The molecule has 0 aromatic carbocycles. The SMILES string of the molecule is Cc1ccc(S(=O)(=O)Nc2ccc(NC3CC3)nn2)s1. The molecule has 2 aromatic heterocycles. The highest BCUT2D eigenvalue weighted by Gasteiger charge is 2.21. The van der Waals surface area contributed by atoms with Crippen LogP contribution in [0.1, 0.15) is 17.7 Å². The van der Waals surface area contributed by atoms with Crippen LogP contribution in [0.5, 0.6) is 0 Å². The highest BCUT2D eigenvalue weighted by molar-refractivity contribution is 7.94. The molecule has 3 rings (SSSR count). The van der Waals surface area contributed by atoms with E-state index in [1.54, 1.807) is 24.3 Å². The summed E-state index contributed by atoms with van der Waals surface area (Å²) in [6, 6.07) is 7.17. The van der Waals surface area contributed by atoms with Gasteiger partial charge in [0.2, 0.25) is 0 Å². The number of aryl methyl sites for hydroxylation is 1. The maximum absolute atomic E-state index is 12.1. The number of rotatable bonds is 5. The summed E-state index contributed by atoms with van der Waals surface area (Å²) in [6.45, 7) is 1.86. The number of hydrogen-bond donors (Lipinski definition) is 2. The van der Waals surface area contributed by atoms with E-state index in [9.17, 15) is 8.42 Å². The molecule has 20 heavy (non-hydrogen) atoms. The first-order valence-electron chi connectivity index (χ1n) is 6.22. The van der Waals surface area contributed by atoms with Crippen molar-refractivity contribution in [2.45, 2.75) is 30.0 Å². The van der Waals surface area contributed by atoms with Gasteiger partial charge in [-0.15, -0.1) is 21.5 Å². The zero-order chi connectivity index (χ0) is 14.2. The quantitative estimate of drug-likeness (QED) is 0.884. The molecule has 0 atom stereocenters. The second-order valence-corrected chi connectivity index (χ2v) is 7.89. The van der Waals surface area contributed by atoms with Crippen LogP contribution >= 0.6 is 11.3 Å². The normalized spacial score (nSPS) is 15.1. The molecule has 0 radical (unpaired) electrons. The minimum Gasteiger partial charge on any atom is -0.366 e. The molecule has 6 nitrogen and oxygen atoms in total. The summed E-state index contributed by atoms with van der Waals surface area (Å²) in [6.07, 6.45) is 2.29. The van der Waals surface area contributed by atoms with E-state index in [0.29, 0.717) is 11.9 Å². The average molecular weight is 310 g/mol. The van der Waals surface area contributed by atoms with Crippen molar-refractivity contribution in [2.24, 2.45) is 0 Å². The fraction of sp³-hybridized carbons (Fsp3) is 0.333. The monoisotopic (exact) mass is 310 g/mol. The summed E-state index contributed by atoms with van der Waals surface area (Å²) in [5.41, 5.74) is 0. The Morgan fingerprint density at radius 3 is 2.40 bits per heavy atom. The zero-order valence-electron chi connectivity index (χ0n) is 10.8. The molecule has 8 heteroatoms. The third-order valence-corrected chi connectivity index (χ3v) is 5.66. The van der Waals surface area contributed by atoms with Gasteiger partial charge in [0.25, 0.3) is 10.0 Å². The molecule has 0 saturated heterocycles. The van der Waals surface area contributed by atoms with Crippen molar-refractivity contribution >= 4 is 33.0 Å². The molecular formula is C12H14N4O2S2. The summed E-state index contributed by atoms with van der Waals surface area (Å²) in [4.78, 5) is 0.945. The Morgan fingerprint density at radius 2 is 1.85 bits per heavy atom. The fourth-order valence-electron chi connectivity index (χ4n) is 1.64. The summed E-state index contributed by atoms with van der Waals surface area (Å²) in [7, 11) is -3.57. The van der Waals surface area contributed by atoms with Crippen LogP contribution in [0.15, 0.2) is 28.5 Å². The lowest BCUT2D eigenvalue weighted by atomic mass is 10.5. The fourth-order valence-corrected chi connectivity index (χ4v) is 3.92. The van der Waals surface area contributed by atoms with Gasteiger partial charge in [-0.1, -0.05) is 0 Å². The lowest BCUT2D eigenvalue weighted by Crippen LogP contribution is -2.13. The Balaban J connectivity index is 1.73. The van der Waals surface area contributed by atoms with E-state index >= 15 is 0 Å². The van der Waals surface area contributed by atoms with E-state index in [1.165, 1.54) is 11.3 Å². The molecular weight excluding hydrogens is 296 g/mol. The lowest BCUT2D eigenvalue weighted by molar-refractivity contribution is 0.603. The van der Waals surface area contributed by atoms with E-state index in [0.717, 1.165) is 17.7 Å². The van der Waals surface area contributed by atoms with Crippen molar-refractivity contribution in [3.63, 3.8) is 0 Å². The highest BCUT2D eigenvalue weighted by atomic mass is 32.2. The number of anilines is 2. The van der Waals surface area contributed by atoms with Gasteiger partial charge >= 0.3 is 0 Å². The molecule has 1 aliphatic carbocycles. The van der Waals surface area contributed by atoms with Gasteiger partial charge in [0, 0.05) is 10.9 Å². The van der Waals surface area contributed by atoms with Gasteiger partial charge in [-0.2, -0.15) is 0 Å². The predicted octanol–water partition coefficient (Wildman–Crippen LogP) is 2.22. The van der Waals surface area contributed by atoms with Crippen molar-refractivity contribution in [1.82, 2.24) is 10.2 Å². The number of aromatic nitrogens is 2. The van der Waals surface area contributed by atoms with Gasteiger partial charge < -0.3 is 5.32 Å². The summed E-state index contributed by atoms with van der Waals surface area (Å²) in [5.74, 6) is 0.889. The van der Waals surface area contributed by atoms with Crippen LogP contribution in [0.2, 0.25) is 0 Å². The van der Waals surface area contributed by atoms with Crippen LogP contribution in [-0.2, 0) is 10.0 Å². The molecule has 1 fully saturated rings. The maximum atomic E-state index is 12.1. The summed E-state index contributed by atoms with van der Waals surface area (Å²) in [5, 5.41) is 11.0. The molecule has 1 saturated carbocycles. The van der Waals surface area contributed by atoms with Crippen molar-refractivity contribution in [3.8, 4) is 0 Å². The molecule has 1 aliphatic rings. The van der Waals surface area contributed by atoms with E-state index in [4.69, 9.17) is 0 Å². The molecule has 106 valence electrons. The third kappa shape index (κ3) is 3.07. The maximum Gasteiger partial charge on any atom is 0.272 e. The van der Waals surface area contributed by atoms with Crippen LogP contribution in [0.4, 0.5) is 11.6 Å². The molecule has 0 amide bonds. The molecule has 0 unspecified atom stereocenters. The highest BCUT2D eigenvalue weighted by Crippen LogP contribution is 2.25. The van der Waals surface area contributed by atoms with E-state index in [2.05, 4.69) is 20.2 Å². The molecule has 0 aliphatic heterocycles. The Kier molecular flexibility index (Phi) is 3.35. The Labute approximate surface area is 121 Å². The van der Waals surface area contributed by atoms with Gasteiger partial charge in [0.15, 0.2) is 5.82 Å². The van der Waals surface area contributed by atoms with Crippen LogP contribution in [0.3, 0.4) is 0 Å². The van der Waals surface area contributed by atoms with E-state index in [-0.39, 0.29) is 10.0 Å². The summed E-state index contributed by atoms with van der Waals surface area (Å²) >= 11 is 1.22. The van der Waals surface area contributed by atoms with Crippen molar-refractivity contribution < 1.29 is 8.42 Å². The first-order chi connectivity index (χ1) is 9.53. The van der Waals surface area contributed by atoms with Gasteiger partial charge in [-0.05, 0) is 44.0 Å². The average Bonchev–Trinajstić information content (AvgIpc) is 3.10. The van der Waals surface area contributed by atoms with Crippen molar-refractivity contribution in [3.05, 3.63) is 29.1 Å². The lowest BCUT2D eigenvalue weighted by Gasteiger charge is -2.06. The molecule has 2 aromatic rings. The number of nitrogens with zero attached hydrogens (tertiary/aromatic N) is 2. The minimum atomic E-state index is -3.57. The Bertz CT molecular complexity index is 705. The van der Waals surface area contributed by atoms with Gasteiger partial charge in [-0.25, -0.2) is 8.42 Å². The minimum absolute atomic E-state index is 0.220. The Morgan fingerprint density at radius 1 is 1.15 bits per heavy atom. The van der Waals surface area contributed by atoms with Crippen LogP contribution in [0.25, 0.3) is 0 Å².